The Bertz CT molecular complexity index is 362. The highest BCUT2D eigenvalue weighted by Gasteiger charge is 2.23. The normalized spacial score (nSPS) is 21.9. The summed E-state index contributed by atoms with van der Waals surface area (Å²) in [5, 5.41) is 4.85. The van der Waals surface area contributed by atoms with Crippen molar-refractivity contribution in [2.45, 2.75) is 44.7 Å². The first-order valence-electron chi connectivity index (χ1n) is 6.15. The first-order valence-corrected chi connectivity index (χ1v) is 7.09. The van der Waals surface area contributed by atoms with E-state index in [1.165, 1.54) is 12.8 Å². The highest BCUT2D eigenvalue weighted by molar-refractivity contribution is 7.07. The predicted octanol–water partition coefficient (Wildman–Crippen LogP) is 2.51. The molecule has 0 aliphatic heterocycles. The summed E-state index contributed by atoms with van der Waals surface area (Å²) in [4.78, 5) is 15.9. The molecule has 1 saturated carbocycles. The largest absolute Gasteiger partial charge is 0.350 e. The van der Waals surface area contributed by atoms with Crippen molar-refractivity contribution in [2.24, 2.45) is 11.7 Å². The molecule has 7 heteroatoms. The van der Waals surface area contributed by atoms with Gasteiger partial charge in [0.1, 0.15) is 0 Å². The number of nitrogens with one attached hydrogen (secondary N) is 1. The maximum Gasteiger partial charge on any atom is 0.220 e. The van der Waals surface area contributed by atoms with Crippen LogP contribution in [0.2, 0.25) is 0 Å². The van der Waals surface area contributed by atoms with Crippen molar-refractivity contribution in [3.8, 4) is 0 Å². The Hall–Kier alpha value is -0.360. The molecular weight excluding hydrogens is 305 g/mol. The minimum absolute atomic E-state index is 0. The number of halogens is 2. The van der Waals surface area contributed by atoms with E-state index >= 15 is 0 Å². The molecule has 2 atom stereocenters. The summed E-state index contributed by atoms with van der Waals surface area (Å²) in [5.74, 6) is 0.458. The van der Waals surface area contributed by atoms with Gasteiger partial charge in [-0.1, -0.05) is 12.8 Å². The minimum atomic E-state index is 0. The van der Waals surface area contributed by atoms with Gasteiger partial charge in [-0.25, -0.2) is 4.98 Å². The second-order valence-electron chi connectivity index (χ2n) is 4.67. The third-order valence-corrected chi connectivity index (χ3v) is 4.00. The van der Waals surface area contributed by atoms with Gasteiger partial charge in [0.05, 0.1) is 17.7 Å². The zero-order valence-corrected chi connectivity index (χ0v) is 13.2. The van der Waals surface area contributed by atoms with Crippen molar-refractivity contribution in [3.63, 3.8) is 0 Å². The second kappa shape index (κ2) is 9.53. The zero-order chi connectivity index (χ0) is 12.1. The van der Waals surface area contributed by atoms with Gasteiger partial charge in [0.15, 0.2) is 0 Å². The molecule has 3 N–H and O–H groups in total. The monoisotopic (exact) mass is 325 g/mol. The number of carbonyl (C=O) groups is 1. The molecule has 4 nitrogen and oxygen atoms in total. The molecule has 110 valence electrons. The molecule has 1 aliphatic rings. The van der Waals surface area contributed by atoms with E-state index in [0.717, 1.165) is 18.5 Å². The van der Waals surface area contributed by atoms with Gasteiger partial charge in [-0.3, -0.25) is 4.79 Å². The summed E-state index contributed by atoms with van der Waals surface area (Å²) in [6.07, 6.45) is 5.12. The Balaban J connectivity index is 0.00000162. The smallest absolute Gasteiger partial charge is 0.220 e. The summed E-state index contributed by atoms with van der Waals surface area (Å²) < 4.78 is 0. The van der Waals surface area contributed by atoms with Crippen LogP contribution in [0.3, 0.4) is 0 Å². The average Bonchev–Trinajstić information content (AvgIpc) is 2.82. The molecule has 2 rings (SSSR count). The lowest BCUT2D eigenvalue weighted by Gasteiger charge is -2.27. The number of aromatic nitrogens is 1. The van der Waals surface area contributed by atoms with Crippen molar-refractivity contribution in [1.82, 2.24) is 10.3 Å². The van der Waals surface area contributed by atoms with Crippen molar-refractivity contribution in [3.05, 3.63) is 16.6 Å². The Morgan fingerprint density at radius 1 is 1.42 bits per heavy atom. The standard InChI is InChI=1S/C12H19N3OS.2ClH/c13-11-4-2-1-3-9(11)5-12(16)14-6-10-7-17-8-15-10;;/h7-9,11H,1-6,13H2,(H,14,16);2*1H. The fourth-order valence-corrected chi connectivity index (χ4v) is 2.87. The van der Waals surface area contributed by atoms with E-state index in [1.807, 2.05) is 5.38 Å². The lowest BCUT2D eigenvalue weighted by Crippen LogP contribution is -2.37. The molecule has 0 radical (unpaired) electrons. The maximum absolute atomic E-state index is 11.8. The lowest BCUT2D eigenvalue weighted by atomic mass is 9.83. The third-order valence-electron chi connectivity index (χ3n) is 3.37. The van der Waals surface area contributed by atoms with E-state index in [9.17, 15) is 4.79 Å². The Kier molecular flexibility index (Phi) is 9.35. The molecule has 19 heavy (non-hydrogen) atoms. The van der Waals surface area contributed by atoms with E-state index in [0.29, 0.717) is 18.9 Å². The molecule has 1 aliphatic carbocycles. The third kappa shape index (κ3) is 6.08. The molecule has 1 aromatic heterocycles. The van der Waals surface area contributed by atoms with Gasteiger partial charge in [0, 0.05) is 17.8 Å². The van der Waals surface area contributed by atoms with Gasteiger partial charge in [-0.05, 0) is 18.8 Å². The van der Waals surface area contributed by atoms with Gasteiger partial charge in [0.25, 0.3) is 0 Å². The lowest BCUT2D eigenvalue weighted by molar-refractivity contribution is -0.122. The number of nitrogens with two attached hydrogens (primary N) is 1. The van der Waals surface area contributed by atoms with Crippen LogP contribution in [0.25, 0.3) is 0 Å². The van der Waals surface area contributed by atoms with Gasteiger partial charge in [0.2, 0.25) is 5.91 Å². The second-order valence-corrected chi connectivity index (χ2v) is 5.39. The first-order chi connectivity index (χ1) is 8.25. The van der Waals surface area contributed by atoms with Crippen LogP contribution in [0, 0.1) is 5.92 Å². The highest BCUT2D eigenvalue weighted by atomic mass is 35.5. The first kappa shape index (κ1) is 18.6. The predicted molar refractivity (Wildman–Crippen MR) is 83.0 cm³/mol. The van der Waals surface area contributed by atoms with Crippen molar-refractivity contribution in [2.75, 3.05) is 0 Å². The van der Waals surface area contributed by atoms with Crippen LogP contribution in [-0.4, -0.2) is 16.9 Å². The Morgan fingerprint density at radius 2 is 2.16 bits per heavy atom. The number of rotatable bonds is 4. The van der Waals surface area contributed by atoms with Crippen molar-refractivity contribution >= 4 is 42.1 Å². The van der Waals surface area contributed by atoms with Crippen LogP contribution in [0.4, 0.5) is 0 Å². The molecule has 2 unspecified atom stereocenters. The highest BCUT2D eigenvalue weighted by Crippen LogP contribution is 2.25. The fraction of sp³-hybridized carbons (Fsp3) is 0.667. The molecular formula is C12H21Cl2N3OS. The van der Waals surface area contributed by atoms with Gasteiger partial charge in [-0.15, -0.1) is 36.2 Å². The number of hydrogen-bond donors (Lipinski definition) is 2. The zero-order valence-electron chi connectivity index (χ0n) is 10.7. The SMILES string of the molecule is Cl.Cl.NC1CCCCC1CC(=O)NCc1cscn1. The number of amides is 1. The van der Waals surface area contributed by atoms with E-state index in [4.69, 9.17) is 5.73 Å². The van der Waals surface area contributed by atoms with E-state index in [1.54, 1.807) is 16.8 Å². The Morgan fingerprint density at radius 3 is 2.79 bits per heavy atom. The van der Waals surface area contributed by atoms with Crippen molar-refractivity contribution < 1.29 is 4.79 Å². The van der Waals surface area contributed by atoms with Gasteiger partial charge in [-0.2, -0.15) is 0 Å². The summed E-state index contributed by atoms with van der Waals surface area (Å²) in [7, 11) is 0. The topological polar surface area (TPSA) is 68.0 Å². The molecule has 0 aromatic carbocycles. The van der Waals surface area contributed by atoms with E-state index in [2.05, 4.69) is 10.3 Å². The molecule has 1 heterocycles. The van der Waals surface area contributed by atoms with Gasteiger partial charge >= 0.3 is 0 Å². The van der Waals surface area contributed by atoms with Crippen LogP contribution < -0.4 is 11.1 Å². The van der Waals surface area contributed by atoms with Crippen LogP contribution in [0.1, 0.15) is 37.8 Å². The quantitative estimate of drug-likeness (QED) is 0.893. The molecule has 0 bridgehead atoms. The summed E-state index contributed by atoms with van der Waals surface area (Å²) in [6.45, 7) is 0.532. The molecule has 0 saturated heterocycles. The maximum atomic E-state index is 11.8. The minimum Gasteiger partial charge on any atom is -0.350 e. The van der Waals surface area contributed by atoms with Crippen LogP contribution in [-0.2, 0) is 11.3 Å². The van der Waals surface area contributed by atoms with E-state index < -0.39 is 0 Å². The molecule has 1 amide bonds. The van der Waals surface area contributed by atoms with E-state index in [-0.39, 0.29) is 36.8 Å². The average molecular weight is 326 g/mol. The molecule has 0 spiro atoms. The fourth-order valence-electron chi connectivity index (χ4n) is 2.31. The summed E-state index contributed by atoms with van der Waals surface area (Å²) in [5.41, 5.74) is 8.73. The van der Waals surface area contributed by atoms with Crippen LogP contribution in [0.5, 0.6) is 0 Å². The van der Waals surface area contributed by atoms with Crippen molar-refractivity contribution in [1.29, 1.82) is 0 Å². The number of thiazole rings is 1. The Labute approximate surface area is 130 Å². The number of hydrogen-bond acceptors (Lipinski definition) is 4. The molecule has 1 fully saturated rings. The summed E-state index contributed by atoms with van der Waals surface area (Å²) in [6, 6.07) is 0.203. The van der Waals surface area contributed by atoms with Crippen LogP contribution in [0.15, 0.2) is 10.9 Å². The molecule has 1 aromatic rings. The van der Waals surface area contributed by atoms with Crippen LogP contribution >= 0.6 is 36.2 Å². The number of nitrogens with zero attached hydrogens (tertiary/aromatic N) is 1. The van der Waals surface area contributed by atoms with Gasteiger partial charge < -0.3 is 11.1 Å². The summed E-state index contributed by atoms with van der Waals surface area (Å²) >= 11 is 1.54. The number of carbonyl (C=O) groups excluding carboxylic acids is 1.